The summed E-state index contributed by atoms with van der Waals surface area (Å²) in [5.41, 5.74) is -0.751. The Bertz CT molecular complexity index is 520. The third-order valence-corrected chi connectivity index (χ3v) is 3.99. The molecule has 10 heteroatoms. The van der Waals surface area contributed by atoms with Crippen molar-refractivity contribution in [1.29, 1.82) is 0 Å². The van der Waals surface area contributed by atoms with Gasteiger partial charge in [-0.25, -0.2) is 4.79 Å². The molecule has 9 nitrogen and oxygen atoms in total. The van der Waals surface area contributed by atoms with Gasteiger partial charge in [0.25, 0.3) is 0 Å². The molecule has 2 aliphatic heterocycles. The van der Waals surface area contributed by atoms with Crippen LogP contribution in [0.2, 0.25) is 0 Å². The second-order valence-corrected chi connectivity index (χ2v) is 5.98. The lowest BCUT2D eigenvalue weighted by molar-refractivity contribution is -0.227. The second kappa shape index (κ2) is 7.18. The van der Waals surface area contributed by atoms with Gasteiger partial charge in [0.15, 0.2) is 23.7 Å². The first-order valence-electron chi connectivity index (χ1n) is 6.78. The number of ether oxygens (including phenoxy) is 5. The normalized spacial score (nSPS) is 32.5. The average molecular weight is 348 g/mol. The summed E-state index contributed by atoms with van der Waals surface area (Å²) < 4.78 is 25.9. The van der Waals surface area contributed by atoms with Crippen LogP contribution in [0.15, 0.2) is 0 Å². The highest BCUT2D eigenvalue weighted by Gasteiger charge is 2.56. The first-order valence-corrected chi connectivity index (χ1v) is 7.66. The van der Waals surface area contributed by atoms with Crippen LogP contribution < -0.4 is 0 Å². The molecule has 0 aromatic heterocycles. The summed E-state index contributed by atoms with van der Waals surface area (Å²) in [5.74, 6) is -1.82. The Balaban J connectivity index is 2.25. The van der Waals surface area contributed by atoms with Gasteiger partial charge in [-0.05, 0) is 11.8 Å². The minimum absolute atomic E-state index is 0.219. The van der Waals surface area contributed by atoms with Gasteiger partial charge in [-0.3, -0.25) is 14.4 Å². The Hall–Kier alpha value is -1.81. The van der Waals surface area contributed by atoms with E-state index in [9.17, 15) is 19.2 Å². The van der Waals surface area contributed by atoms with Gasteiger partial charge in [0, 0.05) is 20.8 Å². The maximum atomic E-state index is 11.5. The summed E-state index contributed by atoms with van der Waals surface area (Å²) in [6, 6.07) is 0. The molecule has 2 aliphatic rings. The van der Waals surface area contributed by atoms with E-state index >= 15 is 0 Å². The quantitative estimate of drug-likeness (QED) is 0.522. The number of hydrogen-bond donors (Lipinski definition) is 0. The Kier molecular flexibility index (Phi) is 5.47. The van der Waals surface area contributed by atoms with Crippen LogP contribution in [0.1, 0.15) is 20.8 Å². The molecular formula is C13H16O9S. The lowest BCUT2D eigenvalue weighted by Gasteiger charge is -2.40. The lowest BCUT2D eigenvalue weighted by Crippen LogP contribution is -2.59. The molecule has 0 bridgehead atoms. The summed E-state index contributed by atoms with van der Waals surface area (Å²) in [4.78, 5) is 45.2. The average Bonchev–Trinajstić information content (AvgIpc) is 2.78. The molecule has 0 aromatic carbocycles. The van der Waals surface area contributed by atoms with E-state index in [1.165, 1.54) is 20.8 Å². The Morgan fingerprint density at radius 1 is 1.04 bits per heavy atom. The fraction of sp³-hybridized carbons (Fsp3) is 0.692. The van der Waals surface area contributed by atoms with Crippen LogP contribution >= 0.6 is 11.8 Å². The van der Waals surface area contributed by atoms with E-state index in [1.807, 2.05) is 0 Å². The molecule has 5 atom stereocenters. The van der Waals surface area contributed by atoms with Crippen molar-refractivity contribution >= 4 is 35.0 Å². The first kappa shape index (κ1) is 17.5. The molecular weight excluding hydrogens is 332 g/mol. The van der Waals surface area contributed by atoms with E-state index in [1.54, 1.807) is 0 Å². The van der Waals surface area contributed by atoms with Gasteiger partial charge in [0.1, 0.15) is 12.7 Å². The van der Waals surface area contributed by atoms with Gasteiger partial charge in [-0.2, -0.15) is 0 Å². The number of fused-ring (bicyclic) bond motifs is 1. The van der Waals surface area contributed by atoms with E-state index in [0.717, 1.165) is 11.8 Å². The topological polar surface area (TPSA) is 114 Å². The smallest absolute Gasteiger partial charge is 0.370 e. The molecule has 128 valence electrons. The van der Waals surface area contributed by atoms with Crippen LogP contribution in [0.4, 0.5) is 4.79 Å². The van der Waals surface area contributed by atoms with Crippen molar-refractivity contribution < 1.29 is 42.9 Å². The zero-order valence-electron chi connectivity index (χ0n) is 12.7. The number of rotatable bonds is 4. The monoisotopic (exact) mass is 348 g/mol. The molecule has 2 saturated heterocycles. The van der Waals surface area contributed by atoms with E-state index < -0.39 is 53.1 Å². The van der Waals surface area contributed by atoms with Gasteiger partial charge >= 0.3 is 23.2 Å². The van der Waals surface area contributed by atoms with Crippen LogP contribution in [0.3, 0.4) is 0 Å². The molecule has 2 unspecified atom stereocenters. The Morgan fingerprint density at radius 2 is 1.65 bits per heavy atom. The van der Waals surface area contributed by atoms with E-state index in [-0.39, 0.29) is 6.61 Å². The standard InChI is InChI=1S/C13H16O9S/c1-5(14)18-4-8-9(19-6(2)15)10(20-7(3)16)11-12(21-8)23-13(17)22-11/h8-12H,4H2,1-3H3/t8-,9-,10+,11?,12?/m1/s1. The third-order valence-electron chi connectivity index (χ3n) is 3.09. The van der Waals surface area contributed by atoms with Gasteiger partial charge in [-0.1, -0.05) is 0 Å². The highest BCUT2D eigenvalue weighted by atomic mass is 32.2. The Morgan fingerprint density at radius 3 is 2.22 bits per heavy atom. The van der Waals surface area contributed by atoms with Crippen LogP contribution in [-0.4, -0.2) is 59.7 Å². The van der Waals surface area contributed by atoms with Gasteiger partial charge in [-0.15, -0.1) is 0 Å². The van der Waals surface area contributed by atoms with Crippen LogP contribution in [0, 0.1) is 0 Å². The Labute approximate surface area is 135 Å². The number of esters is 3. The van der Waals surface area contributed by atoms with Crippen molar-refractivity contribution in [1.82, 2.24) is 0 Å². The van der Waals surface area contributed by atoms with Crippen molar-refractivity contribution in [2.75, 3.05) is 6.61 Å². The van der Waals surface area contributed by atoms with E-state index in [0.29, 0.717) is 0 Å². The molecule has 0 saturated carbocycles. The zero-order valence-corrected chi connectivity index (χ0v) is 13.5. The van der Waals surface area contributed by atoms with Gasteiger partial charge < -0.3 is 23.7 Å². The minimum Gasteiger partial charge on any atom is -0.463 e. The number of thioether (sulfide) groups is 1. The van der Waals surface area contributed by atoms with Crippen molar-refractivity contribution in [3.8, 4) is 0 Å². The second-order valence-electron chi connectivity index (χ2n) is 4.94. The minimum atomic E-state index is -1.07. The molecule has 2 rings (SSSR count). The van der Waals surface area contributed by atoms with E-state index in [2.05, 4.69) is 0 Å². The fourth-order valence-electron chi connectivity index (χ4n) is 2.33. The number of carbonyl (C=O) groups is 4. The summed E-state index contributed by atoms with van der Waals surface area (Å²) in [5, 5.41) is -0.591. The molecule has 0 amide bonds. The summed E-state index contributed by atoms with van der Waals surface area (Å²) in [6.45, 7) is 3.35. The van der Waals surface area contributed by atoms with Crippen molar-refractivity contribution in [3.63, 3.8) is 0 Å². The molecule has 23 heavy (non-hydrogen) atoms. The van der Waals surface area contributed by atoms with Gasteiger partial charge in [0.05, 0.1) is 0 Å². The van der Waals surface area contributed by atoms with Crippen LogP contribution in [-0.2, 0) is 38.1 Å². The molecule has 0 aliphatic carbocycles. The molecule has 0 aromatic rings. The zero-order chi connectivity index (χ0) is 17.1. The molecule has 0 spiro atoms. The van der Waals surface area contributed by atoms with Crippen molar-refractivity contribution in [2.24, 2.45) is 0 Å². The lowest BCUT2D eigenvalue weighted by atomic mass is 9.99. The molecule has 0 N–H and O–H groups in total. The summed E-state index contributed by atoms with van der Waals surface area (Å²) in [7, 11) is 0. The molecule has 2 fully saturated rings. The predicted octanol–water partition coefficient (Wildman–Crippen LogP) is 0.390. The number of hydrogen-bond acceptors (Lipinski definition) is 10. The highest BCUT2D eigenvalue weighted by molar-refractivity contribution is 8.14. The summed E-state index contributed by atoms with van der Waals surface area (Å²) >= 11 is 0.784. The molecule has 2 heterocycles. The predicted molar refractivity (Wildman–Crippen MR) is 74.3 cm³/mol. The van der Waals surface area contributed by atoms with Gasteiger partial charge in [0.2, 0.25) is 0 Å². The molecule has 0 radical (unpaired) electrons. The SMILES string of the molecule is CC(=O)OC[C@H]1OC2SC(=O)OC2[C@@H](OC(C)=O)[C@@H]1OC(C)=O. The van der Waals surface area contributed by atoms with Crippen molar-refractivity contribution in [3.05, 3.63) is 0 Å². The van der Waals surface area contributed by atoms with Crippen LogP contribution in [0.5, 0.6) is 0 Å². The first-order chi connectivity index (χ1) is 10.8. The maximum Gasteiger partial charge on any atom is 0.370 e. The van der Waals surface area contributed by atoms with Crippen molar-refractivity contribution in [2.45, 2.75) is 50.6 Å². The van der Waals surface area contributed by atoms with E-state index in [4.69, 9.17) is 23.7 Å². The highest BCUT2D eigenvalue weighted by Crippen LogP contribution is 2.39. The largest absolute Gasteiger partial charge is 0.463 e. The number of carbonyl (C=O) groups excluding carboxylic acids is 4. The third kappa shape index (κ3) is 4.35. The van der Waals surface area contributed by atoms with Crippen LogP contribution in [0.25, 0.3) is 0 Å². The fourth-order valence-corrected chi connectivity index (χ4v) is 3.22. The maximum absolute atomic E-state index is 11.5. The summed E-state index contributed by atoms with van der Waals surface area (Å²) in [6.07, 6.45) is -3.91.